The molecule has 0 aliphatic carbocycles. The van der Waals surface area contributed by atoms with E-state index in [1.807, 2.05) is 36.4 Å². The van der Waals surface area contributed by atoms with Gasteiger partial charge in [-0.1, -0.05) is 24.3 Å². The van der Waals surface area contributed by atoms with E-state index in [0.717, 1.165) is 47.7 Å². The van der Waals surface area contributed by atoms with E-state index in [1.54, 1.807) is 12.3 Å². The summed E-state index contributed by atoms with van der Waals surface area (Å²) in [4.78, 5) is 4.06. The number of nitrogen functional groups attached to an aromatic ring is 3. The van der Waals surface area contributed by atoms with Gasteiger partial charge in [0.1, 0.15) is 17.3 Å². The molecule has 1 aliphatic heterocycles. The summed E-state index contributed by atoms with van der Waals surface area (Å²) >= 11 is 0. The van der Waals surface area contributed by atoms with Crippen LogP contribution in [0.25, 0.3) is 0 Å². The van der Waals surface area contributed by atoms with E-state index in [9.17, 15) is 0 Å². The van der Waals surface area contributed by atoms with Crippen molar-refractivity contribution in [2.24, 2.45) is 5.84 Å². The molecule has 1 aliphatic rings. The lowest BCUT2D eigenvalue weighted by molar-refractivity contribution is 0.467. The maximum absolute atomic E-state index is 7.76. The van der Waals surface area contributed by atoms with Crippen LogP contribution in [0, 0.1) is 5.41 Å². The van der Waals surface area contributed by atoms with Crippen molar-refractivity contribution >= 4 is 23.5 Å². The molecular weight excluding hydrogens is 428 g/mol. The fraction of sp³-hybridized carbons (Fsp3) is 0.200. The highest BCUT2D eigenvalue weighted by Crippen LogP contribution is 2.30. The third-order valence-electron chi connectivity index (χ3n) is 5.70. The molecule has 10 N–H and O–H groups in total. The number of rotatable bonds is 9. The van der Waals surface area contributed by atoms with Crippen molar-refractivity contribution in [3.05, 3.63) is 82.6 Å². The highest BCUT2D eigenvalue weighted by molar-refractivity contribution is 5.78. The van der Waals surface area contributed by atoms with E-state index in [1.165, 1.54) is 17.3 Å². The van der Waals surface area contributed by atoms with Gasteiger partial charge in [0.05, 0.1) is 5.69 Å². The molecule has 0 radical (unpaired) electrons. The standard InChI is InChI=1S/C25H30N8O/c26-12-17(9-19-11-23(27)32-25(33-29)24(19)28)14-31-13-16-3-1-5-20(10-16)34-22-6-2-4-18-7-8-30-15-21(18)22/h1-6,10-12,14,26,30-31H,7-9,13,15,28-29H2,(H3,27,32,33)/b17-14-,26-12?. The average molecular weight is 459 g/mol. The molecule has 0 atom stereocenters. The van der Waals surface area contributed by atoms with Crippen LogP contribution in [0.3, 0.4) is 0 Å². The predicted octanol–water partition coefficient (Wildman–Crippen LogP) is 2.84. The number of aromatic nitrogens is 1. The highest BCUT2D eigenvalue weighted by Gasteiger charge is 2.14. The number of hydrogen-bond donors (Lipinski definition) is 7. The fourth-order valence-electron chi connectivity index (χ4n) is 3.97. The number of allylic oxidation sites excluding steroid dienone is 1. The summed E-state index contributed by atoms with van der Waals surface area (Å²) in [6.45, 7) is 2.39. The van der Waals surface area contributed by atoms with Gasteiger partial charge in [0.15, 0.2) is 5.82 Å². The van der Waals surface area contributed by atoms with Crippen molar-refractivity contribution in [1.82, 2.24) is 15.6 Å². The van der Waals surface area contributed by atoms with Crippen LogP contribution in [0.1, 0.15) is 22.3 Å². The lowest BCUT2D eigenvalue weighted by atomic mass is 10.0. The van der Waals surface area contributed by atoms with Gasteiger partial charge >= 0.3 is 0 Å². The van der Waals surface area contributed by atoms with Crippen LogP contribution in [0.15, 0.2) is 60.3 Å². The molecule has 1 aromatic heterocycles. The third kappa shape index (κ3) is 5.45. The molecule has 0 spiro atoms. The Hall–Kier alpha value is -4.08. The fourth-order valence-corrected chi connectivity index (χ4v) is 3.97. The van der Waals surface area contributed by atoms with Gasteiger partial charge in [-0.15, -0.1) is 0 Å². The van der Waals surface area contributed by atoms with Crippen LogP contribution in [-0.2, 0) is 25.9 Å². The second-order valence-corrected chi connectivity index (χ2v) is 8.10. The predicted molar refractivity (Wildman–Crippen MR) is 137 cm³/mol. The maximum atomic E-state index is 7.76. The van der Waals surface area contributed by atoms with Gasteiger partial charge < -0.3 is 37.7 Å². The maximum Gasteiger partial charge on any atom is 0.165 e. The third-order valence-corrected chi connectivity index (χ3v) is 5.70. The van der Waals surface area contributed by atoms with E-state index in [0.29, 0.717) is 30.3 Å². The molecule has 0 amide bonds. The van der Waals surface area contributed by atoms with Gasteiger partial charge in [0.2, 0.25) is 0 Å². The van der Waals surface area contributed by atoms with Crippen LogP contribution in [0.4, 0.5) is 17.3 Å². The van der Waals surface area contributed by atoms with Crippen LogP contribution >= 0.6 is 0 Å². The van der Waals surface area contributed by atoms with Crippen LogP contribution in [0.5, 0.6) is 11.5 Å². The Bertz CT molecular complexity index is 1210. The summed E-state index contributed by atoms with van der Waals surface area (Å²) in [5, 5.41) is 14.4. The van der Waals surface area contributed by atoms with E-state index in [-0.39, 0.29) is 0 Å². The Labute approximate surface area is 198 Å². The molecule has 2 heterocycles. The summed E-state index contributed by atoms with van der Waals surface area (Å²) < 4.78 is 6.22. The van der Waals surface area contributed by atoms with Gasteiger partial charge in [0, 0.05) is 37.5 Å². The number of pyridine rings is 1. The monoisotopic (exact) mass is 458 g/mol. The molecule has 4 rings (SSSR count). The smallest absolute Gasteiger partial charge is 0.165 e. The van der Waals surface area contributed by atoms with Crippen molar-refractivity contribution in [3.63, 3.8) is 0 Å². The minimum atomic E-state index is 0.307. The number of nitrogens with two attached hydrogens (primary N) is 3. The van der Waals surface area contributed by atoms with Crippen LogP contribution < -0.4 is 38.1 Å². The molecule has 0 unspecified atom stereocenters. The molecule has 0 fully saturated rings. The van der Waals surface area contributed by atoms with Gasteiger partial charge in [-0.2, -0.15) is 0 Å². The van der Waals surface area contributed by atoms with E-state index >= 15 is 0 Å². The van der Waals surface area contributed by atoms with E-state index < -0.39 is 0 Å². The number of nitrogens with one attached hydrogen (secondary N) is 4. The minimum Gasteiger partial charge on any atom is -0.457 e. The number of hydrazine groups is 1. The number of ether oxygens (including phenoxy) is 1. The Morgan fingerprint density at radius 2 is 2.03 bits per heavy atom. The Balaban J connectivity index is 1.42. The van der Waals surface area contributed by atoms with Crippen molar-refractivity contribution < 1.29 is 4.74 Å². The Morgan fingerprint density at radius 3 is 2.85 bits per heavy atom. The summed E-state index contributed by atoms with van der Waals surface area (Å²) in [6, 6.07) is 15.9. The molecule has 9 heteroatoms. The second kappa shape index (κ2) is 10.7. The second-order valence-electron chi connectivity index (χ2n) is 8.10. The number of benzene rings is 2. The van der Waals surface area contributed by atoms with Gasteiger partial charge in [-0.05, 0) is 59.5 Å². The van der Waals surface area contributed by atoms with Crippen LogP contribution in [-0.4, -0.2) is 17.7 Å². The first-order chi connectivity index (χ1) is 16.6. The van der Waals surface area contributed by atoms with Crippen molar-refractivity contribution in [1.29, 1.82) is 5.41 Å². The average Bonchev–Trinajstić information content (AvgIpc) is 2.85. The minimum absolute atomic E-state index is 0.307. The first-order valence-electron chi connectivity index (χ1n) is 11.1. The molecule has 3 aromatic rings. The Morgan fingerprint density at radius 1 is 1.18 bits per heavy atom. The molecular formula is C25H30N8O. The summed E-state index contributed by atoms with van der Waals surface area (Å²) in [7, 11) is 0. The van der Waals surface area contributed by atoms with Gasteiger partial charge in [-0.3, -0.25) is 0 Å². The zero-order valence-corrected chi connectivity index (χ0v) is 18.9. The molecule has 0 saturated carbocycles. The molecule has 2 aromatic carbocycles. The molecule has 34 heavy (non-hydrogen) atoms. The summed E-state index contributed by atoms with van der Waals surface area (Å²) in [5.41, 5.74) is 19.9. The number of hydrogen-bond acceptors (Lipinski definition) is 9. The number of fused-ring (bicyclic) bond motifs is 1. The zero-order chi connectivity index (χ0) is 23.9. The Kier molecular flexibility index (Phi) is 7.26. The highest BCUT2D eigenvalue weighted by atomic mass is 16.5. The normalized spacial score (nSPS) is 13.1. The van der Waals surface area contributed by atoms with Crippen molar-refractivity contribution in [2.45, 2.75) is 25.9 Å². The lowest BCUT2D eigenvalue weighted by Gasteiger charge is -2.20. The number of anilines is 3. The first-order valence-corrected chi connectivity index (χ1v) is 11.1. The molecule has 176 valence electrons. The SMILES string of the molecule is N=C/C(=C\NCc1cccc(Oc2cccc3c2CNCC3)c1)Cc1cc(N)nc(NN)c1N. The molecule has 0 bridgehead atoms. The van der Waals surface area contributed by atoms with Crippen LogP contribution in [0.2, 0.25) is 0 Å². The first kappa shape index (κ1) is 23.1. The van der Waals surface area contributed by atoms with Crippen molar-refractivity contribution in [2.75, 3.05) is 23.4 Å². The van der Waals surface area contributed by atoms with E-state index in [2.05, 4.69) is 27.1 Å². The lowest BCUT2D eigenvalue weighted by Crippen LogP contribution is -2.23. The van der Waals surface area contributed by atoms with Gasteiger partial charge in [0.25, 0.3) is 0 Å². The quantitative estimate of drug-likeness (QED) is 0.146. The summed E-state index contributed by atoms with van der Waals surface area (Å²) in [5.74, 6) is 7.76. The molecule has 0 saturated heterocycles. The van der Waals surface area contributed by atoms with Gasteiger partial charge in [-0.25, -0.2) is 10.8 Å². The molecule has 9 nitrogen and oxygen atoms in total. The zero-order valence-electron chi connectivity index (χ0n) is 18.9. The number of nitrogens with zero attached hydrogens (tertiary/aromatic N) is 1. The topological polar surface area (TPSA) is 160 Å². The van der Waals surface area contributed by atoms with Crippen molar-refractivity contribution in [3.8, 4) is 11.5 Å². The summed E-state index contributed by atoms with van der Waals surface area (Å²) in [6.07, 6.45) is 4.51. The largest absolute Gasteiger partial charge is 0.457 e. The van der Waals surface area contributed by atoms with E-state index in [4.69, 9.17) is 27.5 Å².